The molecule has 6 nitrogen and oxygen atoms in total. The van der Waals surface area contributed by atoms with Gasteiger partial charge in [-0.05, 0) is 31.0 Å². The van der Waals surface area contributed by atoms with Crippen molar-refractivity contribution in [1.29, 1.82) is 0 Å². The molecule has 0 saturated carbocycles. The molecule has 1 rings (SSSR count). The van der Waals surface area contributed by atoms with E-state index in [0.717, 1.165) is 12.8 Å². The van der Waals surface area contributed by atoms with Crippen molar-refractivity contribution < 1.29 is 15.1 Å². The molecule has 1 aromatic carbocycles. The Morgan fingerprint density at radius 3 is 1.97 bits per heavy atom. The van der Waals surface area contributed by atoms with Gasteiger partial charge in [0.15, 0.2) is 0 Å². The number of nitrogens with one attached hydrogen (secondary N) is 1. The first-order valence-corrected chi connectivity index (χ1v) is 11.3. The van der Waals surface area contributed by atoms with E-state index in [1.807, 2.05) is 0 Å². The lowest BCUT2D eigenvalue weighted by molar-refractivity contribution is -0.384. The standard InChI is InChI=1S/C23H40N2O4/c1-3-4-5-6-7-8-9-10-11-12-13-19(2)24-22(18-26)23(27)20-14-16-21(17-15-20)25(28)29/h14-17,19,22-24,26-27H,3-13,18H2,1-2H3. The summed E-state index contributed by atoms with van der Waals surface area (Å²) in [5.41, 5.74) is 0.553. The van der Waals surface area contributed by atoms with E-state index in [1.54, 1.807) is 12.1 Å². The van der Waals surface area contributed by atoms with Crippen molar-refractivity contribution in [2.75, 3.05) is 6.61 Å². The number of unbranched alkanes of at least 4 members (excludes halogenated alkanes) is 9. The topological polar surface area (TPSA) is 95.6 Å². The maximum absolute atomic E-state index is 10.7. The zero-order chi connectivity index (χ0) is 21.5. The molecule has 0 spiro atoms. The van der Waals surface area contributed by atoms with Crippen LogP contribution in [0.3, 0.4) is 0 Å². The monoisotopic (exact) mass is 408 g/mol. The second kappa shape index (κ2) is 15.4. The molecule has 0 radical (unpaired) electrons. The van der Waals surface area contributed by atoms with E-state index < -0.39 is 17.1 Å². The summed E-state index contributed by atoms with van der Waals surface area (Å²) in [5, 5.41) is 34.2. The van der Waals surface area contributed by atoms with Crippen LogP contribution < -0.4 is 5.32 Å². The van der Waals surface area contributed by atoms with Gasteiger partial charge in [-0.15, -0.1) is 0 Å². The maximum atomic E-state index is 10.7. The van der Waals surface area contributed by atoms with Gasteiger partial charge in [-0.3, -0.25) is 10.1 Å². The summed E-state index contributed by atoms with van der Waals surface area (Å²) in [5.74, 6) is 0. The van der Waals surface area contributed by atoms with E-state index in [4.69, 9.17) is 0 Å². The molecule has 0 amide bonds. The van der Waals surface area contributed by atoms with Crippen LogP contribution in [0.25, 0.3) is 0 Å². The van der Waals surface area contributed by atoms with Crippen LogP contribution in [0.5, 0.6) is 0 Å². The van der Waals surface area contributed by atoms with Gasteiger partial charge >= 0.3 is 0 Å². The summed E-state index contributed by atoms with van der Waals surface area (Å²) in [7, 11) is 0. The predicted molar refractivity (Wildman–Crippen MR) is 118 cm³/mol. The van der Waals surface area contributed by atoms with Gasteiger partial charge in [0.1, 0.15) is 0 Å². The first-order chi connectivity index (χ1) is 14.0. The number of benzene rings is 1. The van der Waals surface area contributed by atoms with Gasteiger partial charge in [0, 0.05) is 18.2 Å². The minimum atomic E-state index is -0.907. The number of rotatable bonds is 17. The summed E-state index contributed by atoms with van der Waals surface area (Å²) in [6.07, 6.45) is 13.1. The number of nitrogens with zero attached hydrogens (tertiary/aromatic N) is 1. The summed E-state index contributed by atoms with van der Waals surface area (Å²) in [6, 6.07) is 5.53. The zero-order valence-corrected chi connectivity index (χ0v) is 18.2. The molecule has 3 unspecified atom stereocenters. The molecule has 0 aliphatic rings. The fourth-order valence-corrected chi connectivity index (χ4v) is 3.66. The molecular weight excluding hydrogens is 368 g/mol. The molecular formula is C23H40N2O4. The first kappa shape index (κ1) is 25.5. The normalized spacial score (nSPS) is 14.5. The fraction of sp³-hybridized carbons (Fsp3) is 0.739. The Morgan fingerprint density at radius 1 is 0.966 bits per heavy atom. The van der Waals surface area contributed by atoms with Crippen molar-refractivity contribution >= 4 is 5.69 Å². The van der Waals surface area contributed by atoms with Crippen LogP contribution in [-0.2, 0) is 0 Å². The SMILES string of the molecule is CCCCCCCCCCCCC(C)NC(CO)C(O)c1ccc([N+](=O)[O-])cc1. The number of hydrogen-bond acceptors (Lipinski definition) is 5. The van der Waals surface area contributed by atoms with Gasteiger partial charge in [-0.2, -0.15) is 0 Å². The van der Waals surface area contributed by atoms with Crippen LogP contribution in [0.4, 0.5) is 5.69 Å². The van der Waals surface area contributed by atoms with Gasteiger partial charge in [0.05, 0.1) is 23.7 Å². The molecule has 0 saturated heterocycles. The number of aliphatic hydroxyl groups excluding tert-OH is 2. The fourth-order valence-electron chi connectivity index (χ4n) is 3.66. The Bertz CT molecular complexity index is 550. The molecule has 0 aliphatic heterocycles. The van der Waals surface area contributed by atoms with Crippen molar-refractivity contribution in [2.24, 2.45) is 0 Å². The van der Waals surface area contributed by atoms with E-state index in [0.29, 0.717) is 5.56 Å². The highest BCUT2D eigenvalue weighted by Gasteiger charge is 2.22. The molecule has 29 heavy (non-hydrogen) atoms. The number of aliphatic hydroxyl groups is 2. The molecule has 0 fully saturated rings. The maximum Gasteiger partial charge on any atom is 0.269 e. The highest BCUT2D eigenvalue weighted by molar-refractivity contribution is 5.34. The van der Waals surface area contributed by atoms with E-state index in [2.05, 4.69) is 19.2 Å². The number of nitro groups is 1. The lowest BCUT2D eigenvalue weighted by Crippen LogP contribution is -2.43. The van der Waals surface area contributed by atoms with Crippen molar-refractivity contribution in [3.63, 3.8) is 0 Å². The second-order valence-electron chi connectivity index (χ2n) is 8.12. The summed E-state index contributed by atoms with van der Waals surface area (Å²) in [6.45, 7) is 4.12. The third kappa shape index (κ3) is 10.7. The Kier molecular flexibility index (Phi) is 13.5. The zero-order valence-electron chi connectivity index (χ0n) is 18.2. The highest BCUT2D eigenvalue weighted by atomic mass is 16.6. The predicted octanol–water partition coefficient (Wildman–Crippen LogP) is 5.28. The lowest BCUT2D eigenvalue weighted by Gasteiger charge is -2.26. The number of non-ortho nitro benzene ring substituents is 1. The van der Waals surface area contributed by atoms with Crippen LogP contribution in [0.15, 0.2) is 24.3 Å². The summed E-state index contributed by atoms with van der Waals surface area (Å²) < 4.78 is 0. The quantitative estimate of drug-likeness (QED) is 0.185. The molecule has 0 bridgehead atoms. The molecule has 6 heteroatoms. The molecule has 3 N–H and O–H groups in total. The second-order valence-corrected chi connectivity index (χ2v) is 8.12. The smallest absolute Gasteiger partial charge is 0.269 e. The van der Waals surface area contributed by atoms with Gasteiger partial charge in [-0.1, -0.05) is 71.1 Å². The average molecular weight is 409 g/mol. The third-order valence-electron chi connectivity index (χ3n) is 5.51. The van der Waals surface area contributed by atoms with Crippen LogP contribution in [0, 0.1) is 10.1 Å². The minimum absolute atomic E-state index is 0.0104. The van der Waals surface area contributed by atoms with Crippen LogP contribution >= 0.6 is 0 Å². The number of hydrogen-bond donors (Lipinski definition) is 3. The average Bonchev–Trinajstić information content (AvgIpc) is 2.73. The Morgan fingerprint density at radius 2 is 1.48 bits per heavy atom. The van der Waals surface area contributed by atoms with Crippen molar-refractivity contribution in [1.82, 2.24) is 5.32 Å². The lowest BCUT2D eigenvalue weighted by atomic mass is 10.0. The highest BCUT2D eigenvalue weighted by Crippen LogP contribution is 2.21. The van der Waals surface area contributed by atoms with Crippen molar-refractivity contribution in [3.8, 4) is 0 Å². The molecule has 0 aliphatic carbocycles. The van der Waals surface area contributed by atoms with E-state index in [-0.39, 0.29) is 18.3 Å². The van der Waals surface area contributed by atoms with E-state index >= 15 is 0 Å². The summed E-state index contributed by atoms with van der Waals surface area (Å²) in [4.78, 5) is 10.3. The molecule has 0 heterocycles. The molecule has 3 atom stereocenters. The summed E-state index contributed by atoms with van der Waals surface area (Å²) >= 11 is 0. The largest absolute Gasteiger partial charge is 0.395 e. The molecule has 1 aromatic rings. The van der Waals surface area contributed by atoms with Crippen LogP contribution in [-0.4, -0.2) is 33.8 Å². The van der Waals surface area contributed by atoms with Gasteiger partial charge in [-0.25, -0.2) is 0 Å². The van der Waals surface area contributed by atoms with Gasteiger partial charge < -0.3 is 15.5 Å². The Labute approximate surface area is 175 Å². The third-order valence-corrected chi connectivity index (χ3v) is 5.51. The number of nitro benzene ring substituents is 1. The Hall–Kier alpha value is -1.50. The van der Waals surface area contributed by atoms with Gasteiger partial charge in [0.2, 0.25) is 0 Å². The minimum Gasteiger partial charge on any atom is -0.395 e. The molecule has 0 aromatic heterocycles. The Balaban J connectivity index is 2.23. The van der Waals surface area contributed by atoms with Gasteiger partial charge in [0.25, 0.3) is 5.69 Å². The first-order valence-electron chi connectivity index (χ1n) is 11.3. The van der Waals surface area contributed by atoms with Crippen LogP contribution in [0.1, 0.15) is 96.1 Å². The van der Waals surface area contributed by atoms with E-state index in [9.17, 15) is 20.3 Å². The molecule has 166 valence electrons. The van der Waals surface area contributed by atoms with E-state index in [1.165, 1.54) is 69.9 Å². The van der Waals surface area contributed by atoms with Crippen molar-refractivity contribution in [2.45, 2.75) is 103 Å². The van der Waals surface area contributed by atoms with Crippen molar-refractivity contribution in [3.05, 3.63) is 39.9 Å². The van der Waals surface area contributed by atoms with Crippen LogP contribution in [0.2, 0.25) is 0 Å².